The molecule has 2 nitrogen and oxygen atoms in total. The minimum atomic E-state index is 0.532. The Morgan fingerprint density at radius 3 is 2.42 bits per heavy atom. The van der Waals surface area contributed by atoms with Gasteiger partial charge in [0.1, 0.15) is 12.4 Å². The molecule has 1 atom stereocenters. The molecule has 106 valence electrons. The molecule has 1 aromatic carbocycles. The molecule has 1 aliphatic carbocycles. The highest BCUT2D eigenvalue weighted by Gasteiger charge is 2.31. The van der Waals surface area contributed by atoms with E-state index in [9.17, 15) is 0 Å². The van der Waals surface area contributed by atoms with Gasteiger partial charge in [0.05, 0.1) is 0 Å². The molecule has 2 rings (SSSR count). The van der Waals surface area contributed by atoms with Gasteiger partial charge in [0.25, 0.3) is 0 Å². The van der Waals surface area contributed by atoms with Crippen LogP contribution in [0, 0.1) is 5.92 Å². The standard InChI is InChI=1S/C17H27NO/c1-4-11-18-17(15-5-6-15)12-19-16-9-7-14(8-10-16)13(2)3/h7-10,13,15,17-18H,4-6,11-12H2,1-3H3. The van der Waals surface area contributed by atoms with Crippen LogP contribution in [-0.2, 0) is 0 Å². The third kappa shape index (κ3) is 4.54. The predicted octanol–water partition coefficient (Wildman–Crippen LogP) is 3.97. The Morgan fingerprint density at radius 1 is 1.21 bits per heavy atom. The Hall–Kier alpha value is -1.02. The molecule has 1 aliphatic rings. The predicted molar refractivity (Wildman–Crippen MR) is 80.8 cm³/mol. The van der Waals surface area contributed by atoms with Crippen LogP contribution in [0.4, 0.5) is 0 Å². The number of rotatable bonds is 8. The van der Waals surface area contributed by atoms with Crippen molar-refractivity contribution >= 4 is 0 Å². The van der Waals surface area contributed by atoms with Crippen molar-refractivity contribution in [2.45, 2.75) is 52.0 Å². The molecule has 0 amide bonds. The molecule has 0 spiro atoms. The van der Waals surface area contributed by atoms with Crippen molar-refractivity contribution in [3.05, 3.63) is 29.8 Å². The van der Waals surface area contributed by atoms with Gasteiger partial charge in [-0.25, -0.2) is 0 Å². The minimum Gasteiger partial charge on any atom is -0.492 e. The van der Waals surface area contributed by atoms with Crippen molar-refractivity contribution in [2.75, 3.05) is 13.2 Å². The van der Waals surface area contributed by atoms with E-state index in [0.717, 1.165) is 24.8 Å². The average Bonchev–Trinajstić information content (AvgIpc) is 3.24. The number of ether oxygens (including phenoxy) is 1. The van der Waals surface area contributed by atoms with Crippen molar-refractivity contribution in [3.63, 3.8) is 0 Å². The molecule has 1 saturated carbocycles. The van der Waals surface area contributed by atoms with Gasteiger partial charge in [-0.15, -0.1) is 0 Å². The average molecular weight is 261 g/mol. The lowest BCUT2D eigenvalue weighted by Crippen LogP contribution is -2.37. The first-order valence-electron chi connectivity index (χ1n) is 7.66. The van der Waals surface area contributed by atoms with Crippen LogP contribution in [-0.4, -0.2) is 19.2 Å². The van der Waals surface area contributed by atoms with Crippen molar-refractivity contribution in [2.24, 2.45) is 5.92 Å². The van der Waals surface area contributed by atoms with Crippen LogP contribution in [0.15, 0.2) is 24.3 Å². The summed E-state index contributed by atoms with van der Waals surface area (Å²) in [6.45, 7) is 8.53. The maximum absolute atomic E-state index is 5.94. The van der Waals surface area contributed by atoms with E-state index >= 15 is 0 Å². The molecule has 0 radical (unpaired) electrons. The van der Waals surface area contributed by atoms with Crippen LogP contribution in [0.3, 0.4) is 0 Å². The van der Waals surface area contributed by atoms with Crippen molar-refractivity contribution in [1.82, 2.24) is 5.32 Å². The monoisotopic (exact) mass is 261 g/mol. The molecule has 1 fully saturated rings. The molecule has 0 saturated heterocycles. The fourth-order valence-electron chi connectivity index (χ4n) is 2.32. The van der Waals surface area contributed by atoms with Gasteiger partial charge in [0.2, 0.25) is 0 Å². The van der Waals surface area contributed by atoms with E-state index in [1.165, 1.54) is 24.8 Å². The first-order chi connectivity index (χ1) is 9.20. The van der Waals surface area contributed by atoms with E-state index in [4.69, 9.17) is 4.74 Å². The fourth-order valence-corrected chi connectivity index (χ4v) is 2.32. The van der Waals surface area contributed by atoms with Gasteiger partial charge in [0, 0.05) is 6.04 Å². The normalized spacial score (nSPS) is 16.6. The first-order valence-corrected chi connectivity index (χ1v) is 7.66. The van der Waals surface area contributed by atoms with Gasteiger partial charge < -0.3 is 10.1 Å². The zero-order valence-corrected chi connectivity index (χ0v) is 12.5. The van der Waals surface area contributed by atoms with Crippen molar-refractivity contribution in [3.8, 4) is 5.75 Å². The summed E-state index contributed by atoms with van der Waals surface area (Å²) < 4.78 is 5.94. The SMILES string of the molecule is CCCNC(COc1ccc(C(C)C)cc1)C1CC1. The van der Waals surface area contributed by atoms with Gasteiger partial charge in [-0.2, -0.15) is 0 Å². The first kappa shape index (κ1) is 14.4. The largest absolute Gasteiger partial charge is 0.492 e. The molecule has 1 aromatic rings. The van der Waals surface area contributed by atoms with E-state index < -0.39 is 0 Å². The summed E-state index contributed by atoms with van der Waals surface area (Å²) in [4.78, 5) is 0. The molecule has 19 heavy (non-hydrogen) atoms. The number of hydrogen-bond donors (Lipinski definition) is 1. The lowest BCUT2D eigenvalue weighted by Gasteiger charge is -2.18. The quantitative estimate of drug-likeness (QED) is 0.764. The highest BCUT2D eigenvalue weighted by Crippen LogP contribution is 2.33. The number of nitrogens with one attached hydrogen (secondary N) is 1. The summed E-state index contributed by atoms with van der Waals surface area (Å²) in [6.07, 6.45) is 3.90. The lowest BCUT2D eigenvalue weighted by molar-refractivity contribution is 0.249. The molecule has 1 unspecified atom stereocenters. The van der Waals surface area contributed by atoms with E-state index in [2.05, 4.69) is 50.4 Å². The van der Waals surface area contributed by atoms with Gasteiger partial charge >= 0.3 is 0 Å². The van der Waals surface area contributed by atoms with E-state index in [1.54, 1.807) is 0 Å². The summed E-state index contributed by atoms with van der Waals surface area (Å²) in [6, 6.07) is 9.07. The Labute approximate surface area is 117 Å². The van der Waals surface area contributed by atoms with Gasteiger partial charge in [-0.1, -0.05) is 32.9 Å². The Balaban J connectivity index is 1.82. The summed E-state index contributed by atoms with van der Waals surface area (Å²) in [5, 5.41) is 3.61. The van der Waals surface area contributed by atoms with Gasteiger partial charge in [-0.05, 0) is 55.3 Å². The third-order valence-corrected chi connectivity index (χ3v) is 3.82. The van der Waals surface area contributed by atoms with Crippen LogP contribution in [0.25, 0.3) is 0 Å². The zero-order valence-electron chi connectivity index (χ0n) is 12.5. The van der Waals surface area contributed by atoms with Crippen molar-refractivity contribution < 1.29 is 4.74 Å². The maximum Gasteiger partial charge on any atom is 0.119 e. The Bertz CT molecular complexity index is 367. The maximum atomic E-state index is 5.94. The molecule has 0 aromatic heterocycles. The minimum absolute atomic E-state index is 0.532. The molecular formula is C17H27NO. The van der Waals surface area contributed by atoms with E-state index in [-0.39, 0.29) is 0 Å². The molecule has 0 bridgehead atoms. The third-order valence-electron chi connectivity index (χ3n) is 3.82. The summed E-state index contributed by atoms with van der Waals surface area (Å²) in [5.74, 6) is 2.41. The topological polar surface area (TPSA) is 21.3 Å². The molecule has 0 aliphatic heterocycles. The zero-order chi connectivity index (χ0) is 13.7. The second-order valence-corrected chi connectivity index (χ2v) is 5.93. The van der Waals surface area contributed by atoms with Crippen LogP contribution < -0.4 is 10.1 Å². The summed E-state index contributed by atoms with van der Waals surface area (Å²) >= 11 is 0. The molecule has 0 heterocycles. The van der Waals surface area contributed by atoms with Crippen LogP contribution in [0.2, 0.25) is 0 Å². The lowest BCUT2D eigenvalue weighted by atomic mass is 10.0. The second-order valence-electron chi connectivity index (χ2n) is 5.93. The number of benzene rings is 1. The summed E-state index contributed by atoms with van der Waals surface area (Å²) in [5.41, 5.74) is 1.37. The van der Waals surface area contributed by atoms with Crippen LogP contribution in [0.1, 0.15) is 51.5 Å². The highest BCUT2D eigenvalue weighted by molar-refractivity contribution is 5.28. The Morgan fingerprint density at radius 2 is 1.89 bits per heavy atom. The van der Waals surface area contributed by atoms with Gasteiger partial charge in [-0.3, -0.25) is 0 Å². The van der Waals surface area contributed by atoms with E-state index in [1.807, 2.05) is 0 Å². The van der Waals surface area contributed by atoms with E-state index in [0.29, 0.717) is 12.0 Å². The Kier molecular flexibility index (Phi) is 5.26. The van der Waals surface area contributed by atoms with Gasteiger partial charge in [0.15, 0.2) is 0 Å². The molecule has 1 N–H and O–H groups in total. The van der Waals surface area contributed by atoms with Crippen molar-refractivity contribution in [1.29, 1.82) is 0 Å². The highest BCUT2D eigenvalue weighted by atomic mass is 16.5. The second kappa shape index (κ2) is 6.95. The smallest absolute Gasteiger partial charge is 0.119 e. The molecular weight excluding hydrogens is 234 g/mol. The summed E-state index contributed by atoms with van der Waals surface area (Å²) in [7, 11) is 0. The fraction of sp³-hybridized carbons (Fsp3) is 0.647. The van der Waals surface area contributed by atoms with Crippen LogP contribution in [0.5, 0.6) is 5.75 Å². The van der Waals surface area contributed by atoms with Crippen LogP contribution >= 0.6 is 0 Å². The molecule has 2 heteroatoms. The number of hydrogen-bond acceptors (Lipinski definition) is 2.